The first-order valence-electron chi connectivity index (χ1n) is 5.07. The molecule has 0 saturated carbocycles. The van der Waals surface area contributed by atoms with Crippen LogP contribution >= 0.6 is 22.6 Å². The highest BCUT2D eigenvalue weighted by molar-refractivity contribution is 14.1. The van der Waals surface area contributed by atoms with Crippen molar-refractivity contribution in [2.75, 3.05) is 5.73 Å². The van der Waals surface area contributed by atoms with Crippen molar-refractivity contribution >= 4 is 38.3 Å². The van der Waals surface area contributed by atoms with E-state index < -0.39 is 10.0 Å². The molecule has 2 aromatic rings. The summed E-state index contributed by atoms with van der Waals surface area (Å²) in [6, 6.07) is 12.0. The fourth-order valence-electron chi connectivity index (χ4n) is 1.65. The van der Waals surface area contributed by atoms with Gasteiger partial charge in [-0.1, -0.05) is 24.3 Å². The van der Waals surface area contributed by atoms with Crippen LogP contribution in [0.5, 0.6) is 0 Å². The molecule has 0 aliphatic carbocycles. The lowest BCUT2D eigenvalue weighted by atomic mass is 10.1. The molecule has 0 bridgehead atoms. The average molecular weight is 374 g/mol. The number of primary sulfonamides is 1. The maximum absolute atomic E-state index is 11.5. The van der Waals surface area contributed by atoms with Gasteiger partial charge in [-0.25, -0.2) is 13.6 Å². The van der Waals surface area contributed by atoms with E-state index in [-0.39, 0.29) is 4.90 Å². The Morgan fingerprint density at radius 1 is 1.06 bits per heavy atom. The predicted molar refractivity (Wildman–Crippen MR) is 80.4 cm³/mol. The van der Waals surface area contributed by atoms with Crippen molar-refractivity contribution in [2.45, 2.75) is 4.90 Å². The maximum Gasteiger partial charge on any atom is 0.238 e. The smallest absolute Gasteiger partial charge is 0.238 e. The topological polar surface area (TPSA) is 86.2 Å². The van der Waals surface area contributed by atoms with Gasteiger partial charge in [0, 0.05) is 14.8 Å². The molecule has 0 heterocycles. The third-order valence-corrected chi connectivity index (χ3v) is 4.41. The normalized spacial score (nSPS) is 11.4. The van der Waals surface area contributed by atoms with Gasteiger partial charge in [-0.2, -0.15) is 0 Å². The number of nitrogens with two attached hydrogens (primary N) is 2. The van der Waals surface area contributed by atoms with Gasteiger partial charge < -0.3 is 5.73 Å². The van der Waals surface area contributed by atoms with Crippen molar-refractivity contribution in [3.63, 3.8) is 0 Å². The minimum Gasteiger partial charge on any atom is -0.398 e. The molecule has 0 radical (unpaired) electrons. The summed E-state index contributed by atoms with van der Waals surface area (Å²) in [5.74, 6) is 0. The zero-order chi connectivity index (χ0) is 13.3. The van der Waals surface area contributed by atoms with Crippen molar-refractivity contribution in [1.29, 1.82) is 0 Å². The number of nitrogen functional groups attached to an aromatic ring is 1. The van der Waals surface area contributed by atoms with Gasteiger partial charge in [0.25, 0.3) is 0 Å². The molecular weight excluding hydrogens is 363 g/mol. The lowest BCUT2D eigenvalue weighted by Gasteiger charge is -2.09. The second-order valence-electron chi connectivity index (χ2n) is 3.78. The van der Waals surface area contributed by atoms with Crippen LogP contribution in [0.15, 0.2) is 47.4 Å². The van der Waals surface area contributed by atoms with E-state index >= 15 is 0 Å². The summed E-state index contributed by atoms with van der Waals surface area (Å²) in [5, 5.41) is 5.21. The zero-order valence-electron chi connectivity index (χ0n) is 9.30. The average Bonchev–Trinajstić information content (AvgIpc) is 2.32. The first-order chi connectivity index (χ1) is 8.39. The van der Waals surface area contributed by atoms with Gasteiger partial charge in [-0.15, -0.1) is 0 Å². The second kappa shape index (κ2) is 4.87. The Hall–Kier alpha value is -1.12. The van der Waals surface area contributed by atoms with Crippen LogP contribution in [0.2, 0.25) is 0 Å². The van der Waals surface area contributed by atoms with Crippen LogP contribution < -0.4 is 10.9 Å². The molecule has 0 saturated heterocycles. The van der Waals surface area contributed by atoms with E-state index in [0.29, 0.717) is 11.3 Å². The lowest BCUT2D eigenvalue weighted by molar-refractivity contribution is 0.598. The Morgan fingerprint density at radius 2 is 1.72 bits per heavy atom. The van der Waals surface area contributed by atoms with Crippen molar-refractivity contribution in [3.8, 4) is 11.1 Å². The van der Waals surface area contributed by atoms with E-state index in [1.807, 2.05) is 6.07 Å². The molecule has 6 heteroatoms. The number of anilines is 1. The van der Waals surface area contributed by atoms with E-state index in [2.05, 4.69) is 22.6 Å². The van der Waals surface area contributed by atoms with Crippen LogP contribution in [0.25, 0.3) is 11.1 Å². The first kappa shape index (κ1) is 13.3. The van der Waals surface area contributed by atoms with Crippen molar-refractivity contribution in [2.24, 2.45) is 5.14 Å². The van der Waals surface area contributed by atoms with E-state index in [9.17, 15) is 8.42 Å². The summed E-state index contributed by atoms with van der Waals surface area (Å²) in [6.07, 6.45) is 0. The highest BCUT2D eigenvalue weighted by Crippen LogP contribution is 2.29. The third-order valence-electron chi connectivity index (χ3n) is 2.51. The van der Waals surface area contributed by atoms with Crippen LogP contribution in [-0.4, -0.2) is 8.42 Å². The highest BCUT2D eigenvalue weighted by Gasteiger charge is 2.14. The minimum absolute atomic E-state index is 0.116. The standard InChI is InChI=1S/C12H11IN2O2S/c13-10-7-8(5-6-11(10)14)9-3-1-2-4-12(9)18(15,16)17/h1-7H,14H2,(H2,15,16,17). The van der Waals surface area contributed by atoms with Gasteiger partial charge in [0.15, 0.2) is 0 Å². The minimum atomic E-state index is -3.74. The van der Waals surface area contributed by atoms with Crippen molar-refractivity contribution in [1.82, 2.24) is 0 Å². The van der Waals surface area contributed by atoms with Crippen LogP contribution in [0.1, 0.15) is 0 Å². The molecule has 0 aliphatic heterocycles. The molecular formula is C12H11IN2O2S. The molecule has 4 nitrogen and oxygen atoms in total. The molecule has 2 rings (SSSR count). The van der Waals surface area contributed by atoms with Crippen LogP contribution in [0, 0.1) is 3.57 Å². The molecule has 0 unspecified atom stereocenters. The van der Waals surface area contributed by atoms with Crippen molar-refractivity contribution in [3.05, 3.63) is 46.0 Å². The van der Waals surface area contributed by atoms with Gasteiger partial charge in [-0.05, 0) is 46.4 Å². The summed E-state index contributed by atoms with van der Waals surface area (Å²) in [5.41, 5.74) is 7.76. The number of benzene rings is 2. The molecule has 2 aromatic carbocycles. The summed E-state index contributed by atoms with van der Waals surface area (Å²) >= 11 is 2.10. The third kappa shape index (κ3) is 2.65. The molecule has 0 fully saturated rings. The first-order valence-corrected chi connectivity index (χ1v) is 7.69. The van der Waals surface area contributed by atoms with E-state index in [4.69, 9.17) is 10.9 Å². The van der Waals surface area contributed by atoms with Crippen LogP contribution in [-0.2, 0) is 10.0 Å². The fourth-order valence-corrected chi connectivity index (χ4v) is 2.92. The quantitative estimate of drug-likeness (QED) is 0.624. The van der Waals surface area contributed by atoms with Crippen LogP contribution in [0.4, 0.5) is 5.69 Å². The van der Waals surface area contributed by atoms with Gasteiger partial charge in [-0.3, -0.25) is 0 Å². The Kier molecular flexibility index (Phi) is 3.60. The summed E-state index contributed by atoms with van der Waals surface area (Å²) < 4.78 is 23.9. The number of rotatable bonds is 2. The Labute approximate surface area is 119 Å². The van der Waals surface area contributed by atoms with Gasteiger partial charge in [0.1, 0.15) is 0 Å². The SMILES string of the molecule is Nc1ccc(-c2ccccc2S(N)(=O)=O)cc1I. The lowest BCUT2D eigenvalue weighted by Crippen LogP contribution is -2.13. The second-order valence-corrected chi connectivity index (χ2v) is 6.47. The summed E-state index contributed by atoms with van der Waals surface area (Å²) in [7, 11) is -3.74. The molecule has 94 valence electrons. The van der Waals surface area contributed by atoms with E-state index in [1.165, 1.54) is 6.07 Å². The molecule has 0 spiro atoms. The molecule has 0 aromatic heterocycles. The summed E-state index contributed by atoms with van der Waals surface area (Å²) in [6.45, 7) is 0. The van der Waals surface area contributed by atoms with Gasteiger partial charge >= 0.3 is 0 Å². The fraction of sp³-hybridized carbons (Fsp3) is 0. The van der Waals surface area contributed by atoms with Crippen LogP contribution in [0.3, 0.4) is 0 Å². The zero-order valence-corrected chi connectivity index (χ0v) is 12.3. The predicted octanol–water partition coefficient (Wildman–Crippen LogP) is 2.19. The number of hydrogen-bond acceptors (Lipinski definition) is 3. The van der Waals surface area contributed by atoms with E-state index in [1.54, 1.807) is 30.3 Å². The largest absolute Gasteiger partial charge is 0.398 e. The number of halogens is 1. The number of hydrogen-bond donors (Lipinski definition) is 2. The molecule has 0 aliphatic rings. The monoisotopic (exact) mass is 374 g/mol. The molecule has 4 N–H and O–H groups in total. The Bertz CT molecular complexity index is 699. The summed E-state index contributed by atoms with van der Waals surface area (Å²) in [4.78, 5) is 0.116. The Balaban J connectivity index is 2.68. The van der Waals surface area contributed by atoms with E-state index in [0.717, 1.165) is 9.13 Å². The van der Waals surface area contributed by atoms with Gasteiger partial charge in [0.2, 0.25) is 10.0 Å². The highest BCUT2D eigenvalue weighted by atomic mass is 127. The molecule has 18 heavy (non-hydrogen) atoms. The number of sulfonamides is 1. The molecule has 0 atom stereocenters. The maximum atomic E-state index is 11.5. The molecule has 0 amide bonds. The van der Waals surface area contributed by atoms with Gasteiger partial charge in [0.05, 0.1) is 4.90 Å². The van der Waals surface area contributed by atoms with Crippen molar-refractivity contribution < 1.29 is 8.42 Å². The Morgan fingerprint density at radius 3 is 2.33 bits per heavy atom.